The molecule has 2 aliphatic carbocycles. The second-order valence-electron chi connectivity index (χ2n) is 7.53. The molecule has 4 unspecified atom stereocenters. The van der Waals surface area contributed by atoms with Crippen LogP contribution in [0.15, 0.2) is 29.3 Å². The average Bonchev–Trinajstić information content (AvgIpc) is 3.24. The van der Waals surface area contributed by atoms with E-state index < -0.39 is 10.7 Å². The monoisotopic (exact) mass is 342 g/mol. The number of primary amides is 1. The highest BCUT2D eigenvalue weighted by atomic mass is 32.2. The van der Waals surface area contributed by atoms with Crippen LogP contribution in [0.4, 0.5) is 0 Å². The molecule has 24 heavy (non-hydrogen) atoms. The number of aliphatic imine (C=N–C) groups is 1. The Bertz CT molecular complexity index is 745. The Hall–Kier alpha value is -1.62. The van der Waals surface area contributed by atoms with Gasteiger partial charge in [-0.05, 0) is 68.1 Å². The van der Waals surface area contributed by atoms with E-state index >= 15 is 0 Å². The number of nitrogens with zero attached hydrogens (tertiary/aromatic N) is 1. The van der Waals surface area contributed by atoms with Crippen molar-refractivity contribution in [1.29, 1.82) is 0 Å². The number of rotatable bonds is 4. The van der Waals surface area contributed by atoms with E-state index in [1.807, 2.05) is 13.0 Å². The van der Waals surface area contributed by atoms with E-state index in [0.717, 1.165) is 28.9 Å². The molecule has 4 atom stereocenters. The molecular formula is C19H22N2O2S. The summed E-state index contributed by atoms with van der Waals surface area (Å²) in [6.45, 7) is 1.90. The molecule has 0 saturated heterocycles. The number of hydrogen-bond donors (Lipinski definition) is 1. The molecule has 1 heterocycles. The van der Waals surface area contributed by atoms with Crippen molar-refractivity contribution in [2.45, 2.75) is 43.8 Å². The molecule has 0 spiro atoms. The first kappa shape index (κ1) is 15.9. The van der Waals surface area contributed by atoms with Crippen molar-refractivity contribution in [2.24, 2.45) is 28.5 Å². The molecule has 0 aromatic heterocycles. The molecule has 4 nitrogen and oxygen atoms in total. The van der Waals surface area contributed by atoms with Gasteiger partial charge in [0, 0.05) is 5.56 Å². The van der Waals surface area contributed by atoms with E-state index in [2.05, 4.69) is 4.99 Å². The van der Waals surface area contributed by atoms with Gasteiger partial charge in [0.2, 0.25) is 5.91 Å². The molecule has 126 valence electrons. The van der Waals surface area contributed by atoms with Crippen LogP contribution in [0.1, 0.15) is 54.9 Å². The molecule has 2 N–H and O–H groups in total. The molecule has 2 saturated carbocycles. The summed E-state index contributed by atoms with van der Waals surface area (Å²) >= 11 is 1.56. The maximum absolute atomic E-state index is 12.6. The highest BCUT2D eigenvalue weighted by molar-refractivity contribution is 8.15. The average molecular weight is 342 g/mol. The Morgan fingerprint density at radius 1 is 1.38 bits per heavy atom. The number of hydrogen-bond acceptors (Lipinski definition) is 3. The summed E-state index contributed by atoms with van der Waals surface area (Å²) in [5.41, 5.74) is 6.61. The van der Waals surface area contributed by atoms with Gasteiger partial charge in [-0.2, -0.15) is 0 Å². The SMILES string of the molecule is CC1(c2cccc(C(N)=O)c2)SC(CC2CC3CCC2C3)=NC1=O. The molecule has 2 fully saturated rings. The third-order valence-electron chi connectivity index (χ3n) is 5.98. The number of benzene rings is 1. The van der Waals surface area contributed by atoms with Crippen LogP contribution in [0.25, 0.3) is 0 Å². The fourth-order valence-corrected chi connectivity index (χ4v) is 5.89. The molecular weight excluding hydrogens is 320 g/mol. The minimum atomic E-state index is -0.738. The van der Waals surface area contributed by atoms with Gasteiger partial charge in [-0.3, -0.25) is 9.59 Å². The first-order chi connectivity index (χ1) is 11.5. The lowest BCUT2D eigenvalue weighted by Gasteiger charge is -2.23. The van der Waals surface area contributed by atoms with E-state index in [4.69, 9.17) is 5.73 Å². The standard InChI is InChI=1S/C19H22N2O2S/c1-19(15-4-2-3-13(9-15)17(20)22)18(23)21-16(24-19)10-14-8-11-5-6-12(14)7-11/h2-4,9,11-12,14H,5-8,10H2,1H3,(H2,20,22). The Kier molecular flexibility index (Phi) is 3.79. The summed E-state index contributed by atoms with van der Waals surface area (Å²) in [7, 11) is 0. The van der Waals surface area contributed by atoms with Gasteiger partial charge < -0.3 is 5.73 Å². The van der Waals surface area contributed by atoms with Crippen molar-refractivity contribution in [1.82, 2.24) is 0 Å². The Labute approximate surface area is 146 Å². The van der Waals surface area contributed by atoms with E-state index in [1.165, 1.54) is 25.7 Å². The van der Waals surface area contributed by atoms with Gasteiger partial charge in [-0.25, -0.2) is 4.99 Å². The Morgan fingerprint density at radius 3 is 2.88 bits per heavy atom. The van der Waals surface area contributed by atoms with Gasteiger partial charge in [0.15, 0.2) is 0 Å². The first-order valence-electron chi connectivity index (χ1n) is 8.67. The summed E-state index contributed by atoms with van der Waals surface area (Å²) in [5.74, 6) is 1.84. The molecule has 5 heteroatoms. The minimum Gasteiger partial charge on any atom is -0.366 e. The molecule has 1 aliphatic heterocycles. The summed E-state index contributed by atoms with van der Waals surface area (Å²) < 4.78 is -0.738. The second-order valence-corrected chi connectivity index (χ2v) is 9.02. The molecule has 2 bridgehead atoms. The van der Waals surface area contributed by atoms with Crippen LogP contribution in [-0.2, 0) is 9.54 Å². The molecule has 1 aromatic rings. The summed E-state index contributed by atoms with van der Waals surface area (Å²) in [5, 5.41) is 0.963. The quantitative estimate of drug-likeness (QED) is 0.910. The highest BCUT2D eigenvalue weighted by Crippen LogP contribution is 2.52. The van der Waals surface area contributed by atoms with Crippen molar-refractivity contribution in [3.05, 3.63) is 35.4 Å². The zero-order valence-corrected chi connectivity index (χ0v) is 14.6. The number of amides is 2. The predicted molar refractivity (Wildman–Crippen MR) is 95.9 cm³/mol. The fraction of sp³-hybridized carbons (Fsp3) is 0.526. The van der Waals surface area contributed by atoms with E-state index in [1.54, 1.807) is 30.0 Å². The van der Waals surface area contributed by atoms with Crippen molar-refractivity contribution < 1.29 is 9.59 Å². The molecule has 3 aliphatic rings. The number of nitrogens with two attached hydrogens (primary N) is 1. The predicted octanol–water partition coefficient (Wildman–Crippen LogP) is 3.50. The number of thioether (sulfide) groups is 1. The maximum atomic E-state index is 12.6. The van der Waals surface area contributed by atoms with Crippen molar-refractivity contribution in [3.63, 3.8) is 0 Å². The van der Waals surface area contributed by atoms with Crippen LogP contribution < -0.4 is 5.73 Å². The zero-order chi connectivity index (χ0) is 16.9. The second kappa shape index (κ2) is 5.73. The summed E-state index contributed by atoms with van der Waals surface area (Å²) in [6, 6.07) is 7.06. The first-order valence-corrected chi connectivity index (χ1v) is 9.48. The van der Waals surface area contributed by atoms with Crippen LogP contribution in [0, 0.1) is 17.8 Å². The third-order valence-corrected chi connectivity index (χ3v) is 7.29. The van der Waals surface area contributed by atoms with Crippen LogP contribution in [0.5, 0.6) is 0 Å². The van der Waals surface area contributed by atoms with Gasteiger partial charge >= 0.3 is 0 Å². The van der Waals surface area contributed by atoms with Crippen LogP contribution in [0.3, 0.4) is 0 Å². The Balaban J connectivity index is 1.52. The van der Waals surface area contributed by atoms with E-state index in [9.17, 15) is 9.59 Å². The normalized spacial score (nSPS) is 34.6. The molecule has 1 aromatic carbocycles. The summed E-state index contributed by atoms with van der Waals surface area (Å²) in [4.78, 5) is 28.4. The van der Waals surface area contributed by atoms with Gasteiger partial charge in [0.05, 0.1) is 5.04 Å². The third kappa shape index (κ3) is 2.59. The molecule has 0 radical (unpaired) electrons. The van der Waals surface area contributed by atoms with E-state index in [0.29, 0.717) is 11.5 Å². The van der Waals surface area contributed by atoms with Crippen LogP contribution in [-0.4, -0.2) is 16.9 Å². The lowest BCUT2D eigenvalue weighted by atomic mass is 9.87. The smallest absolute Gasteiger partial charge is 0.267 e. The van der Waals surface area contributed by atoms with Gasteiger partial charge in [0.25, 0.3) is 5.91 Å². The van der Waals surface area contributed by atoms with Crippen molar-refractivity contribution >= 4 is 28.6 Å². The summed E-state index contributed by atoms with van der Waals surface area (Å²) in [6.07, 6.45) is 6.33. The minimum absolute atomic E-state index is 0.118. The number of carbonyl (C=O) groups is 2. The van der Waals surface area contributed by atoms with E-state index in [-0.39, 0.29) is 5.91 Å². The van der Waals surface area contributed by atoms with Crippen molar-refractivity contribution in [3.8, 4) is 0 Å². The number of carbonyl (C=O) groups excluding carboxylic acids is 2. The van der Waals surface area contributed by atoms with Gasteiger partial charge in [-0.1, -0.05) is 30.3 Å². The highest BCUT2D eigenvalue weighted by Gasteiger charge is 2.45. The lowest BCUT2D eigenvalue weighted by Crippen LogP contribution is -2.25. The Morgan fingerprint density at radius 2 is 2.21 bits per heavy atom. The van der Waals surface area contributed by atoms with Crippen LogP contribution in [0.2, 0.25) is 0 Å². The maximum Gasteiger partial charge on any atom is 0.267 e. The lowest BCUT2D eigenvalue weighted by molar-refractivity contribution is -0.119. The topological polar surface area (TPSA) is 72.5 Å². The molecule has 4 rings (SSSR count). The largest absolute Gasteiger partial charge is 0.366 e. The van der Waals surface area contributed by atoms with Gasteiger partial charge in [-0.15, -0.1) is 0 Å². The fourth-order valence-electron chi connectivity index (χ4n) is 4.61. The number of fused-ring (bicyclic) bond motifs is 2. The van der Waals surface area contributed by atoms with Crippen LogP contribution >= 0.6 is 11.8 Å². The molecule has 2 amide bonds. The zero-order valence-electron chi connectivity index (χ0n) is 13.8. The van der Waals surface area contributed by atoms with Gasteiger partial charge in [0.1, 0.15) is 4.75 Å². The van der Waals surface area contributed by atoms with Crippen molar-refractivity contribution in [2.75, 3.05) is 0 Å².